The van der Waals surface area contributed by atoms with Crippen LogP contribution in [0.3, 0.4) is 0 Å². The molecule has 4 N–H and O–H groups in total. The molecule has 0 fully saturated rings. The van der Waals surface area contributed by atoms with Gasteiger partial charge in [-0.25, -0.2) is 10.1 Å². The summed E-state index contributed by atoms with van der Waals surface area (Å²) in [7, 11) is -1.82. The average molecular weight is 619 g/mol. The first kappa shape index (κ1) is 32.3. The zero-order valence-electron chi connectivity index (χ0n) is 24.7. The molecule has 0 bridgehead atoms. The van der Waals surface area contributed by atoms with Crippen molar-refractivity contribution >= 4 is 24.6 Å². The SMILES string of the molecule is CCCNP(=O)(NCC(=O)OCC)c1ccc(C(NC(=O)c2cnc(-c3ccccn3)[nH]c2=O)c2ccc(OC)cc2)cc1. The Morgan fingerprint density at radius 1 is 0.955 bits per heavy atom. The Morgan fingerprint density at radius 2 is 1.66 bits per heavy atom. The highest BCUT2D eigenvalue weighted by atomic mass is 31.2. The van der Waals surface area contributed by atoms with Crippen molar-refractivity contribution in [3.63, 3.8) is 0 Å². The van der Waals surface area contributed by atoms with Gasteiger partial charge in [0.15, 0.2) is 5.82 Å². The molecule has 230 valence electrons. The van der Waals surface area contributed by atoms with Crippen LogP contribution >= 0.6 is 7.44 Å². The number of carbonyl (C=O) groups excluding carboxylic acids is 2. The molecule has 2 aromatic heterocycles. The lowest BCUT2D eigenvalue weighted by Gasteiger charge is -2.23. The summed E-state index contributed by atoms with van der Waals surface area (Å²) in [4.78, 5) is 49.3. The molecule has 2 aromatic carbocycles. The highest BCUT2D eigenvalue weighted by molar-refractivity contribution is 7.67. The predicted molar refractivity (Wildman–Crippen MR) is 167 cm³/mol. The molecule has 4 aromatic rings. The van der Waals surface area contributed by atoms with E-state index >= 15 is 0 Å². The second kappa shape index (κ2) is 15.2. The number of aromatic amines is 1. The fourth-order valence-corrected chi connectivity index (χ4v) is 6.26. The monoisotopic (exact) mass is 618 g/mol. The topological polar surface area (TPSA) is 164 Å². The van der Waals surface area contributed by atoms with Gasteiger partial charge in [-0.1, -0.05) is 37.3 Å². The lowest BCUT2D eigenvalue weighted by molar-refractivity contribution is -0.141. The molecule has 0 saturated carbocycles. The van der Waals surface area contributed by atoms with Crippen molar-refractivity contribution in [1.29, 1.82) is 0 Å². The number of ether oxygens (including phenoxy) is 2. The number of amides is 1. The van der Waals surface area contributed by atoms with Gasteiger partial charge in [0.25, 0.3) is 11.5 Å². The maximum absolute atomic E-state index is 13.9. The fraction of sp³-hybridized carbons (Fsp3) is 0.258. The van der Waals surface area contributed by atoms with Crippen molar-refractivity contribution in [1.82, 2.24) is 30.4 Å². The summed E-state index contributed by atoms with van der Waals surface area (Å²) in [5, 5.41) is 9.25. The number of methoxy groups -OCH3 is 1. The molecule has 44 heavy (non-hydrogen) atoms. The van der Waals surface area contributed by atoms with E-state index in [1.54, 1.807) is 87.0 Å². The Labute approximate surface area is 255 Å². The third kappa shape index (κ3) is 8.04. The third-order valence-corrected chi connectivity index (χ3v) is 8.90. The molecule has 0 aliphatic carbocycles. The number of nitrogens with zero attached hydrogens (tertiary/aromatic N) is 2. The van der Waals surface area contributed by atoms with Crippen LogP contribution in [-0.4, -0.2) is 53.6 Å². The number of pyridine rings is 1. The average Bonchev–Trinajstić information content (AvgIpc) is 3.06. The number of benzene rings is 2. The largest absolute Gasteiger partial charge is 0.497 e. The summed E-state index contributed by atoms with van der Waals surface area (Å²) >= 11 is 0. The normalized spacial score (nSPS) is 13.0. The minimum atomic E-state index is -3.37. The van der Waals surface area contributed by atoms with Gasteiger partial charge in [0, 0.05) is 24.2 Å². The summed E-state index contributed by atoms with van der Waals surface area (Å²) in [5.41, 5.74) is 1.06. The van der Waals surface area contributed by atoms with Crippen LogP contribution in [0.5, 0.6) is 5.75 Å². The second-order valence-electron chi connectivity index (χ2n) is 9.62. The van der Waals surface area contributed by atoms with Gasteiger partial charge in [0.1, 0.15) is 23.6 Å². The third-order valence-electron chi connectivity index (χ3n) is 6.60. The van der Waals surface area contributed by atoms with Gasteiger partial charge in [0.05, 0.1) is 19.8 Å². The number of hydrogen-bond acceptors (Lipinski definition) is 8. The van der Waals surface area contributed by atoms with Crippen molar-refractivity contribution in [2.24, 2.45) is 0 Å². The lowest BCUT2D eigenvalue weighted by atomic mass is 9.98. The Hall–Kier alpha value is -4.64. The van der Waals surface area contributed by atoms with E-state index in [0.29, 0.717) is 34.4 Å². The predicted octanol–water partition coefficient (Wildman–Crippen LogP) is 3.33. The zero-order valence-corrected chi connectivity index (χ0v) is 25.6. The van der Waals surface area contributed by atoms with Crippen LogP contribution in [0.15, 0.2) is 83.9 Å². The molecule has 1 amide bonds. The Kier molecular flexibility index (Phi) is 11.1. The smallest absolute Gasteiger partial charge is 0.320 e. The van der Waals surface area contributed by atoms with Crippen LogP contribution in [0, 0.1) is 0 Å². The minimum absolute atomic E-state index is 0.170. The van der Waals surface area contributed by atoms with E-state index in [0.717, 1.165) is 6.42 Å². The van der Waals surface area contributed by atoms with E-state index in [1.165, 1.54) is 6.20 Å². The van der Waals surface area contributed by atoms with Crippen molar-refractivity contribution < 1.29 is 23.6 Å². The Bertz CT molecular complexity index is 1660. The highest BCUT2D eigenvalue weighted by Crippen LogP contribution is 2.35. The van der Waals surface area contributed by atoms with Crippen LogP contribution in [-0.2, 0) is 14.1 Å². The number of H-pyrrole nitrogens is 1. The van der Waals surface area contributed by atoms with Crippen LogP contribution in [0.25, 0.3) is 11.5 Å². The maximum Gasteiger partial charge on any atom is 0.320 e. The van der Waals surface area contributed by atoms with Crippen molar-refractivity contribution in [2.45, 2.75) is 26.3 Å². The zero-order chi connectivity index (χ0) is 31.5. The molecule has 0 radical (unpaired) electrons. The van der Waals surface area contributed by atoms with Crippen LogP contribution in [0.1, 0.15) is 47.8 Å². The van der Waals surface area contributed by atoms with E-state index in [4.69, 9.17) is 9.47 Å². The molecule has 12 nitrogen and oxygen atoms in total. The minimum Gasteiger partial charge on any atom is -0.497 e. The lowest BCUT2D eigenvalue weighted by Crippen LogP contribution is -2.35. The van der Waals surface area contributed by atoms with Crippen molar-refractivity contribution in [2.75, 3.05) is 26.8 Å². The molecule has 13 heteroatoms. The molecule has 2 heterocycles. The molecule has 0 saturated heterocycles. The number of aromatic nitrogens is 3. The number of esters is 1. The standard InChI is InChI=1S/C31H35N6O6P/c1-4-17-34-44(41,35-20-27(38)43-5-2)24-15-11-22(12-16-24)28(21-9-13-23(42-3)14-10-21)36-30(39)25-19-33-29(37-31(25)40)26-8-6-7-18-32-26/h6-16,18-19,28H,4-5,17,20H2,1-3H3,(H,36,39)(H,33,37,40)(H2,34,35,41). The molecule has 2 unspecified atom stereocenters. The summed E-state index contributed by atoms with van der Waals surface area (Å²) in [6.07, 6.45) is 3.53. The number of carbonyl (C=O) groups is 2. The molecule has 0 aliphatic heterocycles. The number of hydrogen-bond donors (Lipinski definition) is 4. The van der Waals surface area contributed by atoms with Gasteiger partial charge < -0.3 is 19.8 Å². The van der Waals surface area contributed by atoms with Gasteiger partial charge in [-0.15, -0.1) is 0 Å². The maximum atomic E-state index is 13.9. The fourth-order valence-electron chi connectivity index (χ4n) is 4.33. The van der Waals surface area contributed by atoms with Gasteiger partial charge in [0.2, 0.25) is 7.44 Å². The van der Waals surface area contributed by atoms with Crippen LogP contribution < -0.4 is 31.1 Å². The summed E-state index contributed by atoms with van der Waals surface area (Å²) in [6, 6.07) is 18.5. The van der Waals surface area contributed by atoms with E-state index in [9.17, 15) is 18.9 Å². The molecule has 2 atom stereocenters. The van der Waals surface area contributed by atoms with Crippen molar-refractivity contribution in [3.8, 4) is 17.3 Å². The van der Waals surface area contributed by atoms with Crippen molar-refractivity contribution in [3.05, 3.63) is 106 Å². The molecule has 4 rings (SSSR count). The first-order chi connectivity index (χ1) is 21.3. The highest BCUT2D eigenvalue weighted by Gasteiger charge is 2.26. The van der Waals surface area contributed by atoms with E-state index < -0.39 is 30.9 Å². The summed E-state index contributed by atoms with van der Waals surface area (Å²) in [5.74, 6) is -0.271. The molecular weight excluding hydrogens is 583 g/mol. The van der Waals surface area contributed by atoms with Gasteiger partial charge >= 0.3 is 5.97 Å². The van der Waals surface area contributed by atoms with E-state index in [-0.39, 0.29) is 24.5 Å². The number of nitrogens with one attached hydrogen (secondary N) is 4. The molecule has 0 aliphatic rings. The first-order valence-corrected chi connectivity index (χ1v) is 15.8. The van der Waals surface area contributed by atoms with Gasteiger partial charge in [-0.3, -0.25) is 29.0 Å². The molecule has 0 spiro atoms. The molecular formula is C31H35N6O6P. The van der Waals surface area contributed by atoms with Crippen LogP contribution in [0.4, 0.5) is 0 Å². The van der Waals surface area contributed by atoms with E-state index in [1.807, 2.05) is 6.92 Å². The summed E-state index contributed by atoms with van der Waals surface area (Å²) in [6.45, 7) is 4.10. The van der Waals surface area contributed by atoms with Gasteiger partial charge in [-0.2, -0.15) is 0 Å². The quantitative estimate of drug-likeness (QED) is 0.122. The Balaban J connectivity index is 1.64. The van der Waals surface area contributed by atoms with Crippen LogP contribution in [0.2, 0.25) is 0 Å². The number of rotatable bonds is 14. The Morgan fingerprint density at radius 3 is 2.25 bits per heavy atom. The first-order valence-electron chi connectivity index (χ1n) is 14.1. The van der Waals surface area contributed by atoms with E-state index in [2.05, 4.69) is 30.4 Å². The van der Waals surface area contributed by atoms with Gasteiger partial charge in [-0.05, 0) is 60.9 Å². The second-order valence-corrected chi connectivity index (χ2v) is 12.0. The summed E-state index contributed by atoms with van der Waals surface area (Å²) < 4.78 is 24.1.